The van der Waals surface area contributed by atoms with Crippen LogP contribution in [0.5, 0.6) is 0 Å². The summed E-state index contributed by atoms with van der Waals surface area (Å²) >= 11 is 2.57. The zero-order valence-electron chi connectivity index (χ0n) is 17.1. The number of hydrogen-bond donors (Lipinski definition) is 3. The number of anilines is 3. The molecule has 160 valence electrons. The number of carbonyl (C=O) groups excluding carboxylic acids is 3. The van der Waals surface area contributed by atoms with Gasteiger partial charge in [-0.05, 0) is 36.8 Å². The van der Waals surface area contributed by atoms with Gasteiger partial charge in [0, 0.05) is 29.2 Å². The van der Waals surface area contributed by atoms with Crippen molar-refractivity contribution in [3.8, 4) is 11.3 Å². The van der Waals surface area contributed by atoms with Crippen LogP contribution in [0.1, 0.15) is 12.5 Å². The van der Waals surface area contributed by atoms with Crippen LogP contribution in [0.3, 0.4) is 0 Å². The Morgan fingerprint density at radius 1 is 0.935 bits per heavy atom. The maximum Gasteiger partial charge on any atom is 0.236 e. The monoisotopic (exact) mass is 454 g/mol. The summed E-state index contributed by atoms with van der Waals surface area (Å²) in [6.45, 7) is 3.41. The van der Waals surface area contributed by atoms with E-state index in [1.165, 1.54) is 30.0 Å². The van der Waals surface area contributed by atoms with Crippen LogP contribution in [0.4, 0.5) is 16.5 Å². The van der Waals surface area contributed by atoms with Gasteiger partial charge in [-0.25, -0.2) is 4.98 Å². The van der Waals surface area contributed by atoms with Crippen molar-refractivity contribution in [2.45, 2.75) is 13.8 Å². The zero-order valence-corrected chi connectivity index (χ0v) is 18.7. The van der Waals surface area contributed by atoms with Crippen LogP contribution >= 0.6 is 23.1 Å². The van der Waals surface area contributed by atoms with Gasteiger partial charge in [-0.2, -0.15) is 0 Å². The SMILES string of the molecule is CC(=O)Nc1ccc(-c2csc(NC(=O)CSCC(=O)Nc3cccc(C)c3)n2)cc1. The molecule has 0 saturated carbocycles. The molecule has 1 aromatic heterocycles. The molecule has 0 atom stereocenters. The fourth-order valence-electron chi connectivity index (χ4n) is 2.70. The van der Waals surface area contributed by atoms with Gasteiger partial charge in [0.15, 0.2) is 5.13 Å². The minimum Gasteiger partial charge on any atom is -0.326 e. The van der Waals surface area contributed by atoms with Crippen LogP contribution in [-0.2, 0) is 14.4 Å². The molecule has 0 saturated heterocycles. The number of thioether (sulfide) groups is 1. The molecule has 3 rings (SSSR count). The molecule has 1 heterocycles. The first-order chi connectivity index (χ1) is 14.9. The van der Waals surface area contributed by atoms with Crippen LogP contribution in [0.25, 0.3) is 11.3 Å². The second-order valence-electron chi connectivity index (χ2n) is 6.76. The summed E-state index contributed by atoms with van der Waals surface area (Å²) in [4.78, 5) is 39.7. The Bertz CT molecular complexity index is 1080. The third-order valence-corrected chi connectivity index (χ3v) is 5.71. The van der Waals surface area contributed by atoms with Crippen LogP contribution in [0, 0.1) is 6.92 Å². The molecule has 0 fully saturated rings. The summed E-state index contributed by atoms with van der Waals surface area (Å²) < 4.78 is 0. The van der Waals surface area contributed by atoms with Gasteiger partial charge >= 0.3 is 0 Å². The summed E-state index contributed by atoms with van der Waals surface area (Å²) in [5, 5.41) is 10.6. The Morgan fingerprint density at radius 2 is 1.65 bits per heavy atom. The molecule has 9 heteroatoms. The first-order valence-electron chi connectivity index (χ1n) is 9.47. The number of rotatable bonds is 8. The van der Waals surface area contributed by atoms with Crippen molar-refractivity contribution in [1.82, 2.24) is 4.98 Å². The quantitative estimate of drug-likeness (QED) is 0.469. The fraction of sp³-hybridized carbons (Fsp3) is 0.182. The number of hydrogen-bond acceptors (Lipinski definition) is 6. The Kier molecular flexibility index (Phi) is 7.80. The maximum atomic E-state index is 12.2. The minimum atomic E-state index is -0.213. The molecule has 3 aromatic rings. The van der Waals surface area contributed by atoms with Gasteiger partial charge in [0.1, 0.15) is 0 Å². The largest absolute Gasteiger partial charge is 0.326 e. The average molecular weight is 455 g/mol. The highest BCUT2D eigenvalue weighted by Crippen LogP contribution is 2.26. The smallest absolute Gasteiger partial charge is 0.236 e. The lowest BCUT2D eigenvalue weighted by Gasteiger charge is -2.06. The summed E-state index contributed by atoms with van der Waals surface area (Å²) in [6.07, 6.45) is 0. The molecular formula is C22H22N4O3S2. The Labute approximate surface area is 188 Å². The standard InChI is InChI=1S/C22H22N4O3S2/c1-14-4-3-5-18(10-14)24-20(28)12-30-13-21(29)26-22-25-19(11-31-22)16-6-8-17(9-7-16)23-15(2)27/h3-11H,12-13H2,1-2H3,(H,23,27)(H,24,28)(H,25,26,29). The normalized spacial score (nSPS) is 10.4. The van der Waals surface area contributed by atoms with Crippen LogP contribution in [0.15, 0.2) is 53.9 Å². The predicted molar refractivity (Wildman–Crippen MR) is 128 cm³/mol. The van der Waals surface area contributed by atoms with E-state index in [9.17, 15) is 14.4 Å². The molecule has 3 amide bonds. The summed E-state index contributed by atoms with van der Waals surface area (Å²) in [5.74, 6) is -0.151. The van der Waals surface area contributed by atoms with Crippen molar-refractivity contribution in [3.63, 3.8) is 0 Å². The van der Waals surface area contributed by atoms with Crippen molar-refractivity contribution in [1.29, 1.82) is 0 Å². The number of carbonyl (C=O) groups is 3. The van der Waals surface area contributed by atoms with Crippen molar-refractivity contribution >= 4 is 57.3 Å². The van der Waals surface area contributed by atoms with Gasteiger partial charge in [0.2, 0.25) is 17.7 Å². The van der Waals surface area contributed by atoms with E-state index in [1.54, 1.807) is 12.1 Å². The van der Waals surface area contributed by atoms with Crippen LogP contribution in [0.2, 0.25) is 0 Å². The highest BCUT2D eigenvalue weighted by molar-refractivity contribution is 8.00. The van der Waals surface area contributed by atoms with Crippen LogP contribution in [-0.4, -0.2) is 34.2 Å². The van der Waals surface area contributed by atoms with Gasteiger partial charge in [-0.1, -0.05) is 24.3 Å². The highest BCUT2D eigenvalue weighted by atomic mass is 32.2. The fourth-order valence-corrected chi connectivity index (χ4v) is 4.06. The van der Waals surface area contributed by atoms with Crippen LogP contribution < -0.4 is 16.0 Å². The summed E-state index contributed by atoms with van der Waals surface area (Å²) in [5.41, 5.74) is 4.14. The lowest BCUT2D eigenvalue weighted by Crippen LogP contribution is -2.18. The van der Waals surface area contributed by atoms with E-state index in [-0.39, 0.29) is 29.2 Å². The van der Waals surface area contributed by atoms with Crippen molar-refractivity contribution < 1.29 is 14.4 Å². The van der Waals surface area contributed by atoms with E-state index in [4.69, 9.17) is 0 Å². The van der Waals surface area contributed by atoms with Crippen molar-refractivity contribution in [2.75, 3.05) is 27.5 Å². The maximum absolute atomic E-state index is 12.2. The summed E-state index contributed by atoms with van der Waals surface area (Å²) in [7, 11) is 0. The number of aryl methyl sites for hydroxylation is 1. The van der Waals surface area contributed by atoms with Gasteiger partial charge in [-0.3, -0.25) is 14.4 Å². The number of nitrogens with one attached hydrogen (secondary N) is 3. The third-order valence-electron chi connectivity index (χ3n) is 4.02. The van der Waals surface area contributed by atoms with E-state index in [2.05, 4.69) is 20.9 Å². The van der Waals surface area contributed by atoms with Gasteiger partial charge in [0.25, 0.3) is 0 Å². The molecule has 0 unspecified atom stereocenters. The van der Waals surface area contributed by atoms with Gasteiger partial charge in [0.05, 0.1) is 17.2 Å². The van der Waals surface area contributed by atoms with E-state index in [0.717, 1.165) is 22.5 Å². The first kappa shape index (κ1) is 22.5. The molecule has 0 radical (unpaired) electrons. The number of aromatic nitrogens is 1. The van der Waals surface area contributed by atoms with E-state index in [1.807, 2.05) is 48.7 Å². The number of nitrogens with zero attached hydrogens (tertiary/aromatic N) is 1. The van der Waals surface area contributed by atoms with Gasteiger partial charge < -0.3 is 16.0 Å². The van der Waals surface area contributed by atoms with E-state index in [0.29, 0.717) is 10.8 Å². The molecule has 2 aromatic carbocycles. The lowest BCUT2D eigenvalue weighted by atomic mass is 10.1. The Balaban J connectivity index is 1.44. The minimum absolute atomic E-state index is 0.128. The second-order valence-corrected chi connectivity index (χ2v) is 8.60. The average Bonchev–Trinajstić information content (AvgIpc) is 3.16. The molecule has 3 N–H and O–H groups in total. The number of thiazole rings is 1. The van der Waals surface area contributed by atoms with E-state index < -0.39 is 0 Å². The molecular weight excluding hydrogens is 432 g/mol. The molecule has 0 aliphatic carbocycles. The molecule has 0 aliphatic heterocycles. The topological polar surface area (TPSA) is 100 Å². The highest BCUT2D eigenvalue weighted by Gasteiger charge is 2.10. The van der Waals surface area contributed by atoms with Crippen molar-refractivity contribution in [2.24, 2.45) is 0 Å². The van der Waals surface area contributed by atoms with Gasteiger partial charge in [-0.15, -0.1) is 23.1 Å². The summed E-state index contributed by atoms with van der Waals surface area (Å²) in [6, 6.07) is 14.9. The number of amides is 3. The third kappa shape index (κ3) is 7.23. The lowest BCUT2D eigenvalue weighted by molar-refractivity contribution is -0.115. The molecule has 0 aliphatic rings. The van der Waals surface area contributed by atoms with E-state index >= 15 is 0 Å². The molecule has 31 heavy (non-hydrogen) atoms. The number of benzene rings is 2. The second kappa shape index (κ2) is 10.7. The molecule has 0 bridgehead atoms. The van der Waals surface area contributed by atoms with Crippen molar-refractivity contribution in [3.05, 3.63) is 59.5 Å². The Hall–Kier alpha value is -3.17. The molecule has 0 spiro atoms. The molecule has 7 nitrogen and oxygen atoms in total. The Morgan fingerprint density at radius 3 is 2.32 bits per heavy atom. The first-order valence-corrected chi connectivity index (χ1v) is 11.5. The zero-order chi connectivity index (χ0) is 22.2. The predicted octanol–water partition coefficient (Wildman–Crippen LogP) is 4.39.